The second-order valence-corrected chi connectivity index (χ2v) is 15.6. The van der Waals surface area contributed by atoms with E-state index in [4.69, 9.17) is 0 Å². The maximum absolute atomic E-state index is 3.82. The van der Waals surface area contributed by atoms with E-state index in [-0.39, 0.29) is 0 Å². The Labute approximate surface area is 228 Å². The van der Waals surface area contributed by atoms with Gasteiger partial charge in [0.2, 0.25) is 0 Å². The Morgan fingerprint density at radius 3 is 1.47 bits per heavy atom. The minimum Gasteiger partial charge on any atom is -0.127 e. The summed E-state index contributed by atoms with van der Waals surface area (Å²) in [5, 5.41) is 2.92. The summed E-state index contributed by atoms with van der Waals surface area (Å²) in [7, 11) is 0. The fraction of sp³-hybridized carbons (Fsp3) is 0.615. The normalized spacial score (nSPS) is 13.9. The zero-order valence-corrected chi connectivity index (χ0v) is 26.2. The predicted molar refractivity (Wildman–Crippen MR) is 161 cm³/mol. The molecule has 2 atom stereocenters. The monoisotopic (exact) mass is 634 g/mol. The van der Waals surface area contributed by atoms with Crippen molar-refractivity contribution in [1.82, 2.24) is 0 Å². The molecule has 6 heteroatoms. The number of thiophene rings is 2. The number of unbranched alkanes of at least 4 members (excludes halogenated alkanes) is 2. The maximum atomic E-state index is 3.82. The Balaban J connectivity index is 1.96. The Kier molecular flexibility index (Phi) is 11.8. The summed E-state index contributed by atoms with van der Waals surface area (Å²) in [5.41, 5.74) is 0. The van der Waals surface area contributed by atoms with Crippen molar-refractivity contribution in [3.8, 4) is 0 Å². The van der Waals surface area contributed by atoms with E-state index in [2.05, 4.69) is 95.2 Å². The van der Waals surface area contributed by atoms with E-state index in [1.165, 1.54) is 100 Å². The molecule has 2 unspecified atom stereocenters. The number of rotatable bonds is 14. The van der Waals surface area contributed by atoms with Crippen molar-refractivity contribution in [2.45, 2.75) is 88.9 Å². The van der Waals surface area contributed by atoms with Crippen LogP contribution in [-0.2, 0) is 0 Å². The molecular formula is C26H36Br2S4. The zero-order valence-electron chi connectivity index (χ0n) is 19.8. The third-order valence-corrected chi connectivity index (χ3v) is 12.6. The highest BCUT2D eigenvalue weighted by molar-refractivity contribution is 9.11. The molecule has 0 nitrogen and oxygen atoms in total. The lowest BCUT2D eigenvalue weighted by atomic mass is 10.0. The molecule has 2 heterocycles. The number of thioether (sulfide) groups is 2. The summed E-state index contributed by atoms with van der Waals surface area (Å²) < 4.78 is 5.47. The smallest absolute Gasteiger partial charge is 0.0711 e. The van der Waals surface area contributed by atoms with E-state index in [0.29, 0.717) is 0 Å². The largest absolute Gasteiger partial charge is 0.127 e. The molecule has 0 aliphatic rings. The van der Waals surface area contributed by atoms with Gasteiger partial charge in [0.15, 0.2) is 0 Å². The molecule has 1 aromatic carbocycles. The molecule has 3 aromatic rings. The molecule has 0 spiro atoms. The van der Waals surface area contributed by atoms with Crippen molar-refractivity contribution >= 4 is 98.2 Å². The van der Waals surface area contributed by atoms with E-state index < -0.39 is 0 Å². The first-order valence-corrected chi connectivity index (χ1v) is 17.3. The Bertz CT molecular complexity index is 858. The number of hydrogen-bond acceptors (Lipinski definition) is 4. The third-order valence-electron chi connectivity index (χ3n) is 6.32. The molecule has 0 N–H and O–H groups in total. The highest BCUT2D eigenvalue weighted by atomic mass is 79.9. The van der Waals surface area contributed by atoms with Crippen LogP contribution < -0.4 is 0 Å². The van der Waals surface area contributed by atoms with E-state index in [9.17, 15) is 0 Å². The summed E-state index contributed by atoms with van der Waals surface area (Å²) in [6.07, 6.45) is 10.6. The van der Waals surface area contributed by atoms with Gasteiger partial charge in [-0.05, 0) is 68.7 Å². The fourth-order valence-corrected chi connectivity index (χ4v) is 10.7. The van der Waals surface area contributed by atoms with Crippen LogP contribution in [0.25, 0.3) is 20.2 Å². The maximum Gasteiger partial charge on any atom is 0.0711 e. The van der Waals surface area contributed by atoms with Crippen LogP contribution >= 0.6 is 78.1 Å². The molecule has 0 aliphatic carbocycles. The van der Waals surface area contributed by atoms with E-state index in [1.807, 2.05) is 22.7 Å². The topological polar surface area (TPSA) is 0 Å². The molecular weight excluding hydrogens is 600 g/mol. The molecule has 2 aromatic heterocycles. The first-order valence-electron chi connectivity index (χ1n) is 12.1. The average molecular weight is 637 g/mol. The van der Waals surface area contributed by atoms with Crippen LogP contribution in [0.4, 0.5) is 0 Å². The van der Waals surface area contributed by atoms with Crippen molar-refractivity contribution in [3.05, 3.63) is 19.7 Å². The molecule has 0 fully saturated rings. The van der Waals surface area contributed by atoms with Gasteiger partial charge in [0.25, 0.3) is 0 Å². The van der Waals surface area contributed by atoms with Crippen molar-refractivity contribution in [2.75, 3.05) is 11.5 Å². The van der Waals surface area contributed by atoms with Crippen LogP contribution in [0, 0.1) is 11.8 Å². The van der Waals surface area contributed by atoms with Gasteiger partial charge in [-0.15, -0.1) is 46.2 Å². The van der Waals surface area contributed by atoms with E-state index >= 15 is 0 Å². The summed E-state index contributed by atoms with van der Waals surface area (Å²) in [6, 6.07) is 4.75. The SMILES string of the molecule is CCCCC(CC)CSc1c2cc(Br)sc2c(SCC(CC)CCCC)c2cc(Br)sc12. The highest BCUT2D eigenvalue weighted by Gasteiger charge is 2.21. The third kappa shape index (κ3) is 6.94. The number of hydrogen-bond donors (Lipinski definition) is 0. The second kappa shape index (κ2) is 13.8. The van der Waals surface area contributed by atoms with Crippen LogP contribution in [0.3, 0.4) is 0 Å². The van der Waals surface area contributed by atoms with Crippen molar-refractivity contribution in [1.29, 1.82) is 0 Å². The molecule has 178 valence electrons. The molecule has 32 heavy (non-hydrogen) atoms. The van der Waals surface area contributed by atoms with Gasteiger partial charge < -0.3 is 0 Å². The fourth-order valence-electron chi connectivity index (χ4n) is 4.13. The predicted octanol–water partition coefficient (Wildman–Crippen LogP) is 12.3. The Morgan fingerprint density at radius 1 is 0.719 bits per heavy atom. The van der Waals surface area contributed by atoms with Crippen LogP contribution in [-0.4, -0.2) is 11.5 Å². The van der Waals surface area contributed by atoms with Crippen molar-refractivity contribution < 1.29 is 0 Å². The van der Waals surface area contributed by atoms with Gasteiger partial charge in [0.05, 0.1) is 17.0 Å². The molecule has 0 amide bonds. The summed E-state index contributed by atoms with van der Waals surface area (Å²) in [6.45, 7) is 9.33. The number of halogens is 2. The first-order chi connectivity index (χ1) is 15.5. The van der Waals surface area contributed by atoms with Gasteiger partial charge >= 0.3 is 0 Å². The molecule has 0 aliphatic heterocycles. The standard InChI is InChI=1S/C26H36Br2S4/c1-5-9-11-17(7-3)15-29-23-19-13-21(27)32-26(19)24(20-14-22(28)31-25(20)23)30-16-18(8-4)12-10-6-2/h13-14,17-18H,5-12,15-16H2,1-4H3. The summed E-state index contributed by atoms with van der Waals surface area (Å²) >= 11 is 15.7. The molecule has 0 saturated carbocycles. The summed E-state index contributed by atoms with van der Waals surface area (Å²) in [4.78, 5) is 3.01. The van der Waals surface area contributed by atoms with Gasteiger partial charge in [0.1, 0.15) is 0 Å². The van der Waals surface area contributed by atoms with Crippen LogP contribution in [0.15, 0.2) is 29.5 Å². The van der Waals surface area contributed by atoms with Crippen LogP contribution in [0.2, 0.25) is 0 Å². The minimum absolute atomic E-state index is 0.813. The number of fused-ring (bicyclic) bond motifs is 2. The lowest BCUT2D eigenvalue weighted by molar-refractivity contribution is 0.499. The Morgan fingerprint density at radius 2 is 1.12 bits per heavy atom. The lowest BCUT2D eigenvalue weighted by Crippen LogP contribution is -2.03. The number of benzene rings is 1. The zero-order chi connectivity index (χ0) is 23.1. The quantitative estimate of drug-likeness (QED) is 0.162. The lowest BCUT2D eigenvalue weighted by Gasteiger charge is -2.17. The first kappa shape index (κ1) is 27.4. The van der Waals surface area contributed by atoms with Gasteiger partial charge in [-0.25, -0.2) is 0 Å². The molecule has 3 rings (SSSR count). The van der Waals surface area contributed by atoms with Crippen LogP contribution in [0.1, 0.15) is 79.1 Å². The van der Waals surface area contributed by atoms with Crippen molar-refractivity contribution in [2.24, 2.45) is 11.8 Å². The summed E-state index contributed by atoms with van der Waals surface area (Å²) in [5.74, 6) is 4.08. The van der Waals surface area contributed by atoms with E-state index in [1.54, 1.807) is 0 Å². The molecule has 0 radical (unpaired) electrons. The second-order valence-electron chi connectivity index (χ2n) is 8.70. The minimum atomic E-state index is 0.813. The van der Waals surface area contributed by atoms with Crippen molar-refractivity contribution in [3.63, 3.8) is 0 Å². The van der Waals surface area contributed by atoms with Gasteiger partial charge in [-0.2, -0.15) is 0 Å². The van der Waals surface area contributed by atoms with Gasteiger partial charge in [-0.1, -0.05) is 66.2 Å². The van der Waals surface area contributed by atoms with Crippen LogP contribution in [0.5, 0.6) is 0 Å². The molecule has 0 bridgehead atoms. The Hall–Kier alpha value is 0.800. The average Bonchev–Trinajstić information content (AvgIpc) is 3.36. The van der Waals surface area contributed by atoms with Gasteiger partial charge in [-0.3, -0.25) is 0 Å². The molecule has 0 saturated heterocycles. The highest BCUT2D eigenvalue weighted by Crippen LogP contribution is 2.51. The van der Waals surface area contributed by atoms with E-state index in [0.717, 1.165) is 11.8 Å². The van der Waals surface area contributed by atoms with Gasteiger partial charge in [0, 0.05) is 32.1 Å².